The Kier molecular flexibility index (Phi) is 6.76. The second kappa shape index (κ2) is 9.52. The molecule has 126 valence electrons. The van der Waals surface area contributed by atoms with Crippen molar-refractivity contribution in [2.24, 2.45) is 0 Å². The van der Waals surface area contributed by atoms with Gasteiger partial charge in [0.05, 0.1) is 0 Å². The van der Waals surface area contributed by atoms with Crippen LogP contribution in [0, 0.1) is 0 Å². The highest BCUT2D eigenvalue weighted by molar-refractivity contribution is 5.67. The number of hydrogen-bond acceptors (Lipinski definition) is 5. The number of benzene rings is 3. The SMILES string of the molecule is C=O.O=C(Oc1ccccc1)Oc1ccc(Oc2ccccc2)cc1. The molecule has 5 nitrogen and oxygen atoms in total. The van der Waals surface area contributed by atoms with Gasteiger partial charge >= 0.3 is 6.16 Å². The minimum absolute atomic E-state index is 0.381. The van der Waals surface area contributed by atoms with Gasteiger partial charge in [0.25, 0.3) is 0 Å². The fraction of sp³-hybridized carbons (Fsp3) is 0. The van der Waals surface area contributed by atoms with E-state index in [9.17, 15) is 4.79 Å². The van der Waals surface area contributed by atoms with Crippen LogP contribution in [0.2, 0.25) is 0 Å². The summed E-state index contributed by atoms with van der Waals surface area (Å²) in [5.41, 5.74) is 0. The quantitative estimate of drug-likeness (QED) is 0.502. The Labute approximate surface area is 145 Å². The smallest absolute Gasteiger partial charge is 0.457 e. The molecule has 3 rings (SSSR count). The molecule has 0 aliphatic rings. The first kappa shape index (κ1) is 17.7. The van der Waals surface area contributed by atoms with E-state index >= 15 is 0 Å². The van der Waals surface area contributed by atoms with Crippen molar-refractivity contribution < 1.29 is 23.8 Å². The molecule has 0 bridgehead atoms. The van der Waals surface area contributed by atoms with Gasteiger partial charge in [0.2, 0.25) is 0 Å². The Morgan fingerprint density at radius 2 is 0.920 bits per heavy atom. The summed E-state index contributed by atoms with van der Waals surface area (Å²) in [5, 5.41) is 0. The van der Waals surface area contributed by atoms with Crippen LogP contribution in [0.25, 0.3) is 0 Å². The molecule has 0 atom stereocenters. The molecule has 0 aromatic heterocycles. The standard InChI is InChI=1S/C19H14O4.CH2O/c20-19(22-16-9-5-2-6-10-16)23-18-13-11-17(12-14-18)21-15-7-3-1-4-8-15;1-2/h1-14H;1H2. The number of rotatable bonds is 4. The van der Waals surface area contributed by atoms with Crippen LogP contribution in [0.4, 0.5) is 4.79 Å². The van der Waals surface area contributed by atoms with Crippen LogP contribution in [0.5, 0.6) is 23.0 Å². The van der Waals surface area contributed by atoms with Crippen LogP contribution in [-0.4, -0.2) is 12.9 Å². The summed E-state index contributed by atoms with van der Waals surface area (Å²) in [7, 11) is 0. The maximum absolute atomic E-state index is 11.7. The molecule has 25 heavy (non-hydrogen) atoms. The Bertz CT molecular complexity index is 770. The molecule has 0 saturated carbocycles. The number of para-hydroxylation sites is 2. The molecule has 0 N–H and O–H groups in total. The van der Waals surface area contributed by atoms with Gasteiger partial charge < -0.3 is 19.0 Å². The lowest BCUT2D eigenvalue weighted by Gasteiger charge is -2.07. The van der Waals surface area contributed by atoms with E-state index in [1.54, 1.807) is 48.5 Å². The molecule has 3 aromatic rings. The molecule has 0 saturated heterocycles. The van der Waals surface area contributed by atoms with Crippen molar-refractivity contribution in [2.75, 3.05) is 0 Å². The molecule has 0 fully saturated rings. The van der Waals surface area contributed by atoms with Crippen LogP contribution in [-0.2, 0) is 4.79 Å². The third kappa shape index (κ3) is 5.84. The van der Waals surface area contributed by atoms with Crippen LogP contribution in [0.15, 0.2) is 84.9 Å². The third-order valence-corrected chi connectivity index (χ3v) is 2.95. The lowest BCUT2D eigenvalue weighted by atomic mass is 10.3. The average molecular weight is 336 g/mol. The predicted molar refractivity (Wildman–Crippen MR) is 93.2 cm³/mol. The van der Waals surface area contributed by atoms with Crippen LogP contribution >= 0.6 is 0 Å². The third-order valence-electron chi connectivity index (χ3n) is 2.95. The van der Waals surface area contributed by atoms with Crippen molar-refractivity contribution in [3.8, 4) is 23.0 Å². The van der Waals surface area contributed by atoms with Gasteiger partial charge in [-0.05, 0) is 48.5 Å². The monoisotopic (exact) mass is 336 g/mol. The molecular formula is C20H16O5. The second-order valence-corrected chi connectivity index (χ2v) is 4.65. The summed E-state index contributed by atoms with van der Waals surface area (Å²) in [6, 6.07) is 24.9. The normalized spacial score (nSPS) is 9.28. The summed E-state index contributed by atoms with van der Waals surface area (Å²) in [6.45, 7) is 2.00. The molecule has 0 amide bonds. The van der Waals surface area contributed by atoms with E-state index in [0.717, 1.165) is 5.75 Å². The van der Waals surface area contributed by atoms with Gasteiger partial charge in [-0.2, -0.15) is 0 Å². The van der Waals surface area contributed by atoms with Crippen molar-refractivity contribution in [1.29, 1.82) is 0 Å². The molecule has 5 heteroatoms. The van der Waals surface area contributed by atoms with Crippen molar-refractivity contribution in [1.82, 2.24) is 0 Å². The lowest BCUT2D eigenvalue weighted by molar-refractivity contribution is -0.0980. The van der Waals surface area contributed by atoms with Crippen LogP contribution in [0.1, 0.15) is 0 Å². The number of hydrogen-bond donors (Lipinski definition) is 0. The largest absolute Gasteiger partial charge is 0.519 e. The topological polar surface area (TPSA) is 61.8 Å². The summed E-state index contributed by atoms with van der Waals surface area (Å²) in [4.78, 5) is 19.7. The Morgan fingerprint density at radius 1 is 0.560 bits per heavy atom. The van der Waals surface area contributed by atoms with Crippen LogP contribution in [0.3, 0.4) is 0 Å². The number of carbonyl (C=O) groups excluding carboxylic acids is 2. The second-order valence-electron chi connectivity index (χ2n) is 4.65. The number of ether oxygens (including phenoxy) is 3. The minimum atomic E-state index is -0.784. The van der Waals surface area contributed by atoms with Gasteiger partial charge in [-0.3, -0.25) is 0 Å². The molecule has 0 radical (unpaired) electrons. The fourth-order valence-electron chi connectivity index (χ4n) is 1.90. The van der Waals surface area contributed by atoms with Gasteiger partial charge in [-0.15, -0.1) is 0 Å². The van der Waals surface area contributed by atoms with Gasteiger partial charge in [-0.25, -0.2) is 4.79 Å². The molecule has 0 aliphatic heterocycles. The van der Waals surface area contributed by atoms with E-state index in [1.807, 2.05) is 43.2 Å². The van der Waals surface area contributed by atoms with Crippen LogP contribution < -0.4 is 14.2 Å². The van der Waals surface area contributed by atoms with E-state index in [1.165, 1.54) is 0 Å². The Hall–Kier alpha value is -3.60. The van der Waals surface area contributed by atoms with Gasteiger partial charge in [0, 0.05) is 0 Å². The first-order chi connectivity index (χ1) is 12.3. The average Bonchev–Trinajstić information content (AvgIpc) is 2.67. The molecule has 0 aliphatic carbocycles. The predicted octanol–water partition coefficient (Wildman–Crippen LogP) is 4.87. The molecule has 0 spiro atoms. The van der Waals surface area contributed by atoms with Gasteiger partial charge in [0.15, 0.2) is 0 Å². The summed E-state index contributed by atoms with van der Waals surface area (Å²) >= 11 is 0. The highest BCUT2D eigenvalue weighted by Crippen LogP contribution is 2.23. The molecule has 3 aromatic carbocycles. The highest BCUT2D eigenvalue weighted by Gasteiger charge is 2.07. The van der Waals surface area contributed by atoms with E-state index < -0.39 is 6.16 Å². The molecule has 0 unspecified atom stereocenters. The van der Waals surface area contributed by atoms with Gasteiger partial charge in [0.1, 0.15) is 29.8 Å². The zero-order valence-corrected chi connectivity index (χ0v) is 13.3. The lowest BCUT2D eigenvalue weighted by Crippen LogP contribution is -2.13. The van der Waals surface area contributed by atoms with Crippen molar-refractivity contribution >= 4 is 12.9 Å². The van der Waals surface area contributed by atoms with E-state index in [-0.39, 0.29) is 0 Å². The highest BCUT2D eigenvalue weighted by atomic mass is 16.7. The Balaban J connectivity index is 0.00000109. The number of carbonyl (C=O) groups is 2. The maximum Gasteiger partial charge on any atom is 0.519 e. The first-order valence-electron chi connectivity index (χ1n) is 7.36. The minimum Gasteiger partial charge on any atom is -0.457 e. The maximum atomic E-state index is 11.7. The van der Waals surface area contributed by atoms with Gasteiger partial charge in [-0.1, -0.05) is 36.4 Å². The van der Waals surface area contributed by atoms with Crippen molar-refractivity contribution in [3.63, 3.8) is 0 Å². The first-order valence-corrected chi connectivity index (χ1v) is 7.36. The van der Waals surface area contributed by atoms with Crippen molar-refractivity contribution in [2.45, 2.75) is 0 Å². The van der Waals surface area contributed by atoms with Crippen molar-refractivity contribution in [3.05, 3.63) is 84.9 Å². The van der Waals surface area contributed by atoms with E-state index in [4.69, 9.17) is 19.0 Å². The Morgan fingerprint density at radius 3 is 1.44 bits per heavy atom. The van der Waals surface area contributed by atoms with E-state index in [2.05, 4.69) is 0 Å². The molecule has 0 heterocycles. The summed E-state index contributed by atoms with van der Waals surface area (Å²) < 4.78 is 15.8. The fourth-order valence-corrected chi connectivity index (χ4v) is 1.90. The molecular weight excluding hydrogens is 320 g/mol. The van der Waals surface area contributed by atoms with E-state index in [0.29, 0.717) is 17.2 Å². The zero-order chi connectivity index (χ0) is 17.9. The summed E-state index contributed by atoms with van der Waals surface area (Å²) in [5.74, 6) is 2.21. The summed E-state index contributed by atoms with van der Waals surface area (Å²) in [6.07, 6.45) is -0.784. The zero-order valence-electron chi connectivity index (χ0n) is 13.3.